The summed E-state index contributed by atoms with van der Waals surface area (Å²) in [6.07, 6.45) is 3.14. The van der Waals surface area contributed by atoms with Crippen molar-refractivity contribution in [3.63, 3.8) is 0 Å². The van der Waals surface area contributed by atoms with Gasteiger partial charge in [-0.1, -0.05) is 18.2 Å². The van der Waals surface area contributed by atoms with Crippen molar-refractivity contribution in [1.82, 2.24) is 14.5 Å². The van der Waals surface area contributed by atoms with Crippen LogP contribution in [0.5, 0.6) is 0 Å². The molecule has 1 aliphatic heterocycles. The topological polar surface area (TPSA) is 85.2 Å². The third-order valence-corrected chi connectivity index (χ3v) is 6.91. The van der Waals surface area contributed by atoms with Crippen molar-refractivity contribution in [3.8, 4) is 0 Å². The number of hydrogen-bond acceptors (Lipinski definition) is 5. The van der Waals surface area contributed by atoms with Gasteiger partial charge in [-0.15, -0.1) is 0 Å². The monoisotopic (exact) mass is 418 g/mol. The third-order valence-electron chi connectivity index (χ3n) is 5.21. The van der Waals surface area contributed by atoms with Crippen LogP contribution in [0.1, 0.15) is 15.9 Å². The summed E-state index contributed by atoms with van der Waals surface area (Å²) in [6.45, 7) is 1.21. The standard InChI is InChI=1S/C22H18N4O3S/c27-21(26-13-12-25-20-6-2-1-5-19(20)24-22(25)26)17-7-9-18(10-8-17)30(28,29)15-16-4-3-11-23-14-16/h1-11,14H,12-13,15H2. The molecule has 0 saturated heterocycles. The molecular weight excluding hydrogens is 400 g/mol. The maximum Gasteiger partial charge on any atom is 0.260 e. The number of sulfone groups is 1. The van der Waals surface area contributed by atoms with Gasteiger partial charge >= 0.3 is 0 Å². The molecule has 4 aromatic rings. The number of hydrogen-bond donors (Lipinski definition) is 0. The van der Waals surface area contributed by atoms with Crippen LogP contribution in [-0.4, -0.2) is 35.4 Å². The van der Waals surface area contributed by atoms with Crippen molar-refractivity contribution in [2.24, 2.45) is 0 Å². The Bertz CT molecular complexity index is 1350. The summed E-state index contributed by atoms with van der Waals surface area (Å²) in [4.78, 5) is 23.4. The predicted molar refractivity (Wildman–Crippen MR) is 113 cm³/mol. The number of amides is 1. The van der Waals surface area contributed by atoms with Crippen LogP contribution in [0.4, 0.5) is 5.95 Å². The van der Waals surface area contributed by atoms with E-state index in [1.54, 1.807) is 35.4 Å². The third kappa shape index (κ3) is 3.15. The van der Waals surface area contributed by atoms with Crippen LogP contribution < -0.4 is 4.90 Å². The number of nitrogens with zero attached hydrogens (tertiary/aromatic N) is 4. The summed E-state index contributed by atoms with van der Waals surface area (Å²) in [5.74, 6) is 0.291. The molecule has 0 atom stereocenters. The molecule has 1 aliphatic rings. The molecule has 0 aliphatic carbocycles. The molecule has 8 heteroatoms. The summed E-state index contributed by atoms with van der Waals surface area (Å²) in [5.41, 5.74) is 2.89. The molecule has 150 valence electrons. The van der Waals surface area contributed by atoms with Gasteiger partial charge in [0.1, 0.15) is 0 Å². The van der Waals surface area contributed by atoms with Crippen molar-refractivity contribution in [3.05, 3.63) is 84.2 Å². The smallest absolute Gasteiger partial charge is 0.260 e. The minimum absolute atomic E-state index is 0.135. The summed E-state index contributed by atoms with van der Waals surface area (Å²) in [7, 11) is -3.52. The van der Waals surface area contributed by atoms with E-state index >= 15 is 0 Å². The lowest BCUT2D eigenvalue weighted by atomic mass is 10.2. The van der Waals surface area contributed by atoms with Crippen LogP contribution in [0.25, 0.3) is 11.0 Å². The normalized spacial score (nSPS) is 13.5. The van der Waals surface area contributed by atoms with Gasteiger partial charge in [-0.05, 0) is 48.0 Å². The first-order chi connectivity index (χ1) is 14.5. The Balaban J connectivity index is 1.40. The Morgan fingerprint density at radius 1 is 0.967 bits per heavy atom. The van der Waals surface area contributed by atoms with E-state index in [0.29, 0.717) is 30.2 Å². The van der Waals surface area contributed by atoms with Crippen LogP contribution in [0.2, 0.25) is 0 Å². The first-order valence-electron chi connectivity index (χ1n) is 9.52. The molecular formula is C22H18N4O3S. The van der Waals surface area contributed by atoms with Crippen LogP contribution in [0.3, 0.4) is 0 Å². The van der Waals surface area contributed by atoms with E-state index in [2.05, 4.69) is 9.97 Å². The van der Waals surface area contributed by atoms with Gasteiger partial charge in [0.15, 0.2) is 9.84 Å². The van der Waals surface area contributed by atoms with E-state index in [1.807, 2.05) is 28.8 Å². The molecule has 3 heterocycles. The Kier molecular flexibility index (Phi) is 4.36. The van der Waals surface area contributed by atoms with Gasteiger partial charge in [-0.2, -0.15) is 0 Å². The van der Waals surface area contributed by atoms with E-state index in [4.69, 9.17) is 0 Å². The van der Waals surface area contributed by atoms with E-state index in [-0.39, 0.29) is 16.6 Å². The van der Waals surface area contributed by atoms with Crippen molar-refractivity contribution in [1.29, 1.82) is 0 Å². The predicted octanol–water partition coefficient (Wildman–Crippen LogP) is 3.07. The van der Waals surface area contributed by atoms with Crippen LogP contribution >= 0.6 is 0 Å². The van der Waals surface area contributed by atoms with Gasteiger partial charge in [0.25, 0.3) is 5.91 Å². The average molecular weight is 418 g/mol. The van der Waals surface area contributed by atoms with Crippen molar-refractivity contribution in [2.45, 2.75) is 17.2 Å². The number of carbonyl (C=O) groups is 1. The Labute approximate surface area is 173 Å². The molecule has 0 unspecified atom stereocenters. The second-order valence-corrected chi connectivity index (χ2v) is 9.14. The molecule has 7 nitrogen and oxygen atoms in total. The fourth-order valence-electron chi connectivity index (χ4n) is 3.73. The highest BCUT2D eigenvalue weighted by Gasteiger charge is 2.29. The minimum Gasteiger partial charge on any atom is -0.308 e. The first kappa shape index (κ1) is 18.5. The largest absolute Gasteiger partial charge is 0.308 e. The highest BCUT2D eigenvalue weighted by Crippen LogP contribution is 2.28. The Morgan fingerprint density at radius 3 is 2.53 bits per heavy atom. The number of fused-ring (bicyclic) bond motifs is 3. The van der Waals surface area contributed by atoms with Crippen LogP contribution in [0.15, 0.2) is 78.0 Å². The number of aromatic nitrogens is 3. The quantitative estimate of drug-likeness (QED) is 0.509. The second kappa shape index (κ2) is 7.07. The number of imidazole rings is 1. The number of carbonyl (C=O) groups excluding carboxylic acids is 1. The van der Waals surface area contributed by atoms with Gasteiger partial charge in [0.05, 0.1) is 21.7 Å². The van der Waals surface area contributed by atoms with Gasteiger partial charge in [-0.3, -0.25) is 14.7 Å². The van der Waals surface area contributed by atoms with Gasteiger partial charge in [0, 0.05) is 31.0 Å². The average Bonchev–Trinajstić information content (AvgIpc) is 3.33. The molecule has 1 amide bonds. The van der Waals surface area contributed by atoms with Crippen molar-refractivity contribution < 1.29 is 13.2 Å². The molecule has 0 radical (unpaired) electrons. The lowest BCUT2D eigenvalue weighted by Crippen LogP contribution is -2.29. The fourth-order valence-corrected chi connectivity index (χ4v) is 5.06. The molecule has 2 aromatic heterocycles. The summed E-state index contributed by atoms with van der Waals surface area (Å²) >= 11 is 0. The van der Waals surface area contributed by atoms with Crippen molar-refractivity contribution in [2.75, 3.05) is 11.4 Å². The highest BCUT2D eigenvalue weighted by molar-refractivity contribution is 7.90. The SMILES string of the molecule is O=C(c1ccc(S(=O)(=O)Cc2cccnc2)cc1)N1CCn2c1nc1ccccc12. The zero-order valence-corrected chi connectivity index (χ0v) is 16.8. The second-order valence-electron chi connectivity index (χ2n) is 7.15. The molecule has 2 aromatic carbocycles. The van der Waals surface area contributed by atoms with Gasteiger partial charge in [-0.25, -0.2) is 13.4 Å². The van der Waals surface area contributed by atoms with E-state index in [0.717, 1.165) is 11.0 Å². The Hall–Kier alpha value is -3.52. The van der Waals surface area contributed by atoms with Crippen LogP contribution in [-0.2, 0) is 22.1 Å². The fraction of sp³-hybridized carbons (Fsp3) is 0.136. The lowest BCUT2D eigenvalue weighted by Gasteiger charge is -2.14. The number of pyridine rings is 1. The minimum atomic E-state index is -3.52. The summed E-state index contributed by atoms with van der Waals surface area (Å²) < 4.78 is 27.4. The van der Waals surface area contributed by atoms with Gasteiger partial charge in [0.2, 0.25) is 5.95 Å². The lowest BCUT2D eigenvalue weighted by molar-refractivity contribution is 0.0988. The van der Waals surface area contributed by atoms with E-state index in [1.165, 1.54) is 18.3 Å². The maximum absolute atomic E-state index is 13.1. The molecule has 0 spiro atoms. The maximum atomic E-state index is 13.1. The zero-order chi connectivity index (χ0) is 20.7. The molecule has 30 heavy (non-hydrogen) atoms. The highest BCUT2D eigenvalue weighted by atomic mass is 32.2. The number of rotatable bonds is 4. The van der Waals surface area contributed by atoms with E-state index in [9.17, 15) is 13.2 Å². The number of benzene rings is 2. The summed E-state index contributed by atoms with van der Waals surface area (Å²) in [5, 5.41) is 0. The molecule has 0 fully saturated rings. The zero-order valence-electron chi connectivity index (χ0n) is 16.0. The molecule has 5 rings (SSSR count). The number of anilines is 1. The molecule has 0 N–H and O–H groups in total. The molecule has 0 saturated carbocycles. The molecule has 0 bridgehead atoms. The number of para-hydroxylation sites is 2. The van der Waals surface area contributed by atoms with Crippen LogP contribution in [0, 0.1) is 0 Å². The van der Waals surface area contributed by atoms with Crippen molar-refractivity contribution >= 4 is 32.7 Å². The van der Waals surface area contributed by atoms with E-state index < -0.39 is 9.84 Å². The summed E-state index contributed by atoms with van der Waals surface area (Å²) in [6, 6.07) is 17.3. The van der Waals surface area contributed by atoms with Gasteiger partial charge < -0.3 is 4.57 Å². The Morgan fingerprint density at radius 2 is 1.77 bits per heavy atom. The first-order valence-corrected chi connectivity index (χ1v) is 11.2.